The van der Waals surface area contributed by atoms with Crippen molar-refractivity contribution in [1.29, 1.82) is 0 Å². The highest BCUT2D eigenvalue weighted by Gasteiger charge is 2.38. The molecule has 2 saturated carbocycles. The quantitative estimate of drug-likeness (QED) is 0.0750. The first kappa shape index (κ1) is 66.9. The van der Waals surface area contributed by atoms with Crippen molar-refractivity contribution in [2.24, 2.45) is 0 Å². The van der Waals surface area contributed by atoms with Gasteiger partial charge in [0.1, 0.15) is 0 Å². The fourth-order valence-corrected chi connectivity index (χ4v) is 15.3. The molecule has 1 N–H and O–H groups in total. The van der Waals surface area contributed by atoms with Crippen molar-refractivity contribution in [3.63, 3.8) is 0 Å². The summed E-state index contributed by atoms with van der Waals surface area (Å²) in [6, 6.07) is 33.2. The molecule has 0 spiro atoms. The maximum Gasteiger partial charge on any atom is 0.373 e. The van der Waals surface area contributed by atoms with Crippen molar-refractivity contribution in [1.82, 2.24) is 9.97 Å². The standard InChI is InChI=1S/C37H53NOSi.C34H45NO.2CO2/c1-9-30-25-32(27-38-26-30)35-18-17-34(24-29(35)5)37(10-2,11-3)33-16-15-31(28(4)23-33)19-22-36(39-40(6,7)8)20-13-12-14-21-36;1-6-27-22-29(24-35-23-27)32-15-14-31(21-26(32)5)34(7-2,8-3)30-13-12-28(25(4)20-30)16-19-33(36)17-10-9-11-18-33;2*2-1-3/h15-18,23-27H,9-14,19-22H2,1-8H3;12-15,20-24,36H,6-11,16-19H2,1-5H3;;. The van der Waals surface area contributed by atoms with Gasteiger partial charge >= 0.3 is 12.3 Å². The van der Waals surface area contributed by atoms with Crippen LogP contribution < -0.4 is 0 Å². The molecule has 9 heteroatoms. The van der Waals surface area contributed by atoms with Crippen molar-refractivity contribution in [3.05, 3.63) is 176 Å². The Hall–Kier alpha value is -5.92. The maximum absolute atomic E-state index is 11.0. The van der Waals surface area contributed by atoms with Crippen LogP contribution in [-0.4, -0.2) is 46.9 Å². The highest BCUT2D eigenvalue weighted by Crippen LogP contribution is 2.44. The molecule has 0 atom stereocenters. The Labute approximate surface area is 494 Å². The van der Waals surface area contributed by atoms with Gasteiger partial charge in [-0.25, -0.2) is 0 Å². The van der Waals surface area contributed by atoms with Crippen LogP contribution in [0.4, 0.5) is 0 Å². The fourth-order valence-electron chi connectivity index (χ4n) is 13.7. The van der Waals surface area contributed by atoms with Crippen LogP contribution >= 0.6 is 0 Å². The number of aliphatic hydroxyl groups is 1. The van der Waals surface area contributed by atoms with E-state index >= 15 is 0 Å². The lowest BCUT2D eigenvalue weighted by atomic mass is 9.69. The molecule has 82 heavy (non-hydrogen) atoms. The van der Waals surface area contributed by atoms with E-state index in [-0.39, 0.29) is 28.7 Å². The second-order valence-electron chi connectivity index (χ2n) is 24.7. The van der Waals surface area contributed by atoms with E-state index in [1.165, 1.54) is 140 Å². The number of carbonyl (C=O) groups excluding carboxylic acids is 4. The van der Waals surface area contributed by atoms with Gasteiger partial charge in [-0.3, -0.25) is 9.97 Å². The lowest BCUT2D eigenvalue weighted by Gasteiger charge is -2.42. The summed E-state index contributed by atoms with van der Waals surface area (Å²) in [5, 5.41) is 11.0. The topological polar surface area (TPSA) is 124 Å². The lowest BCUT2D eigenvalue weighted by Crippen LogP contribution is -2.44. The van der Waals surface area contributed by atoms with Gasteiger partial charge < -0.3 is 9.53 Å². The Morgan fingerprint density at radius 3 is 1.18 bits per heavy atom. The largest absolute Gasteiger partial charge is 0.412 e. The van der Waals surface area contributed by atoms with E-state index in [9.17, 15) is 5.11 Å². The molecule has 0 amide bonds. The molecular weight excluding hydrogens is 1030 g/mol. The number of aromatic nitrogens is 2. The number of benzene rings is 4. The Balaban J connectivity index is 0.000000276. The van der Waals surface area contributed by atoms with Crippen LogP contribution in [0.1, 0.15) is 211 Å². The first-order chi connectivity index (χ1) is 39.2. The first-order valence-electron chi connectivity index (χ1n) is 30.9. The summed E-state index contributed by atoms with van der Waals surface area (Å²) in [4.78, 5) is 41.5. The zero-order chi connectivity index (χ0) is 60.1. The van der Waals surface area contributed by atoms with Crippen LogP contribution in [-0.2, 0) is 60.1 Å². The zero-order valence-electron chi connectivity index (χ0n) is 52.4. The van der Waals surface area contributed by atoms with E-state index in [2.05, 4.69) is 184 Å². The van der Waals surface area contributed by atoms with Gasteiger partial charge in [0, 0.05) is 46.7 Å². The molecule has 2 aromatic heterocycles. The zero-order valence-corrected chi connectivity index (χ0v) is 53.4. The Kier molecular flexibility index (Phi) is 25.4. The van der Waals surface area contributed by atoms with Crippen LogP contribution in [0.25, 0.3) is 22.3 Å². The number of nitrogens with zero attached hydrogens (tertiary/aromatic N) is 2. The van der Waals surface area contributed by atoms with E-state index in [0.29, 0.717) is 0 Å². The van der Waals surface area contributed by atoms with Gasteiger partial charge in [-0.1, -0.05) is 153 Å². The molecule has 4 aromatic carbocycles. The first-order valence-corrected chi connectivity index (χ1v) is 34.3. The summed E-state index contributed by atoms with van der Waals surface area (Å²) in [5.41, 5.74) is 21.2. The molecule has 2 heterocycles. The molecule has 2 aliphatic carbocycles. The van der Waals surface area contributed by atoms with Crippen LogP contribution in [0.2, 0.25) is 19.6 Å². The van der Waals surface area contributed by atoms with Crippen LogP contribution in [0.3, 0.4) is 0 Å². The van der Waals surface area contributed by atoms with Crippen molar-refractivity contribution in [2.45, 2.75) is 239 Å². The van der Waals surface area contributed by atoms with Crippen LogP contribution in [0.15, 0.2) is 110 Å². The van der Waals surface area contributed by atoms with E-state index in [1.54, 1.807) is 0 Å². The smallest absolute Gasteiger partial charge is 0.373 e. The maximum atomic E-state index is 11.0. The van der Waals surface area contributed by atoms with Gasteiger partial charge in [0.15, 0.2) is 8.32 Å². The van der Waals surface area contributed by atoms with E-state index in [4.69, 9.17) is 23.6 Å². The average Bonchev–Trinajstić information content (AvgIpc) is 2.76. The van der Waals surface area contributed by atoms with Gasteiger partial charge in [-0.15, -0.1) is 0 Å². The van der Waals surface area contributed by atoms with Gasteiger partial charge in [0.2, 0.25) is 0 Å². The Morgan fingerprint density at radius 2 is 0.841 bits per heavy atom. The van der Waals surface area contributed by atoms with Crippen molar-refractivity contribution >= 4 is 20.6 Å². The predicted molar refractivity (Wildman–Crippen MR) is 338 cm³/mol. The summed E-state index contributed by atoms with van der Waals surface area (Å²) in [6.45, 7) is 29.8. The molecule has 0 unspecified atom stereocenters. The number of hydrogen-bond donors (Lipinski definition) is 1. The highest BCUT2D eigenvalue weighted by molar-refractivity contribution is 6.69. The second-order valence-corrected chi connectivity index (χ2v) is 29.1. The van der Waals surface area contributed by atoms with E-state index < -0.39 is 13.9 Å². The molecule has 2 aliphatic rings. The average molecular weight is 1130 g/mol. The normalized spacial score (nSPS) is 14.8. The SMILES string of the molecule is CCc1cncc(-c2ccc(C(CC)(CC)c3ccc(CCC4(O)CCCCC4)c(C)c3)cc2C)c1.CCc1cncc(-c2ccc(C(CC)(CC)c3ccc(CCC4(O[Si](C)(C)C)CCCCC4)c(C)c3)cc2C)c1.O=C=O.O=C=O. The Morgan fingerprint density at radius 1 is 0.488 bits per heavy atom. The number of pyridine rings is 2. The summed E-state index contributed by atoms with van der Waals surface area (Å²) >= 11 is 0. The van der Waals surface area contributed by atoms with Crippen molar-refractivity contribution < 1.29 is 28.7 Å². The minimum Gasteiger partial charge on any atom is -0.412 e. The van der Waals surface area contributed by atoms with Crippen LogP contribution in [0, 0.1) is 27.7 Å². The predicted octanol–water partition coefficient (Wildman–Crippen LogP) is 18.0. The summed E-state index contributed by atoms with van der Waals surface area (Å²) in [6.07, 6.45) is 30.9. The Bertz CT molecular complexity index is 3040. The third-order valence-electron chi connectivity index (χ3n) is 18.6. The van der Waals surface area contributed by atoms with Gasteiger partial charge in [0.25, 0.3) is 0 Å². The molecule has 8 nitrogen and oxygen atoms in total. The molecular formula is C73H98N2O6Si. The van der Waals surface area contributed by atoms with Gasteiger partial charge in [-0.05, 0) is 227 Å². The molecule has 0 bridgehead atoms. The fraction of sp³-hybridized carbons (Fsp3) is 0.507. The molecule has 6 aromatic rings. The lowest BCUT2D eigenvalue weighted by molar-refractivity contribution is -0.193. The van der Waals surface area contributed by atoms with Crippen molar-refractivity contribution in [2.75, 3.05) is 0 Å². The van der Waals surface area contributed by atoms with Crippen molar-refractivity contribution in [3.8, 4) is 22.3 Å². The molecule has 0 aliphatic heterocycles. The molecule has 0 saturated heterocycles. The third-order valence-corrected chi connectivity index (χ3v) is 19.6. The van der Waals surface area contributed by atoms with Gasteiger partial charge in [0.05, 0.1) is 11.2 Å². The summed E-state index contributed by atoms with van der Waals surface area (Å²) in [7, 11) is -1.59. The molecule has 440 valence electrons. The summed E-state index contributed by atoms with van der Waals surface area (Å²) in [5.74, 6) is 0. The minimum atomic E-state index is -1.59. The molecule has 0 radical (unpaired) electrons. The minimum absolute atomic E-state index is 0.00231. The number of hydrogen-bond acceptors (Lipinski definition) is 8. The molecule has 2 fully saturated rings. The van der Waals surface area contributed by atoms with E-state index in [1.807, 2.05) is 24.8 Å². The molecule has 8 rings (SSSR count). The van der Waals surface area contributed by atoms with E-state index in [0.717, 1.165) is 77.0 Å². The van der Waals surface area contributed by atoms with Gasteiger partial charge in [-0.2, -0.15) is 19.2 Å². The third kappa shape index (κ3) is 17.1. The number of rotatable bonds is 20. The monoisotopic (exact) mass is 1130 g/mol. The second kappa shape index (κ2) is 31.1. The summed E-state index contributed by atoms with van der Waals surface area (Å²) < 4.78 is 6.90. The highest BCUT2D eigenvalue weighted by atomic mass is 28.4. The van der Waals surface area contributed by atoms with Crippen LogP contribution in [0.5, 0.6) is 0 Å². The number of aryl methyl sites for hydroxylation is 8.